The maximum atomic E-state index is 13.9. The van der Waals surface area contributed by atoms with Gasteiger partial charge < -0.3 is 4.98 Å². The Balaban J connectivity index is 1.43. The lowest BCUT2D eigenvalue weighted by molar-refractivity contribution is -0.136. The van der Waals surface area contributed by atoms with E-state index in [0.717, 1.165) is 26.9 Å². The fourth-order valence-corrected chi connectivity index (χ4v) is 5.50. The molecule has 7 rings (SSSR count). The molecule has 0 aliphatic heterocycles. The second kappa shape index (κ2) is 9.38. The molecule has 0 aliphatic rings. The van der Waals surface area contributed by atoms with Crippen LogP contribution in [0.3, 0.4) is 0 Å². The Morgan fingerprint density at radius 1 is 0.881 bits per heavy atom. The van der Waals surface area contributed by atoms with E-state index in [1.54, 1.807) is 54.7 Å². The Hall–Kier alpha value is -5.29. The van der Waals surface area contributed by atoms with Gasteiger partial charge in [-0.05, 0) is 35.4 Å². The molecule has 0 saturated heterocycles. The molecule has 0 unspecified atom stereocenters. The highest BCUT2D eigenvalue weighted by Gasteiger charge is 2.35. The van der Waals surface area contributed by atoms with Gasteiger partial charge in [0.25, 0.3) is 5.56 Å². The van der Waals surface area contributed by atoms with E-state index in [2.05, 4.69) is 20.1 Å². The molecule has 0 spiro atoms. The van der Waals surface area contributed by atoms with Crippen LogP contribution in [0.4, 0.5) is 13.2 Å². The minimum atomic E-state index is -4.68. The highest BCUT2D eigenvalue weighted by atomic mass is 35.5. The van der Waals surface area contributed by atoms with Crippen LogP contribution in [0.5, 0.6) is 0 Å². The zero-order valence-electron chi connectivity index (χ0n) is 21.2. The molecule has 0 bridgehead atoms. The maximum Gasteiger partial charge on any atom is 0.420 e. The zero-order chi connectivity index (χ0) is 29.2. The van der Waals surface area contributed by atoms with Crippen LogP contribution < -0.4 is 11.2 Å². The van der Waals surface area contributed by atoms with Crippen LogP contribution in [0.15, 0.2) is 101 Å². The molecule has 7 aromatic rings. The number of benzene rings is 3. The van der Waals surface area contributed by atoms with Gasteiger partial charge in [-0.25, -0.2) is 18.9 Å². The normalized spacial score (nSPS) is 12.0. The van der Waals surface area contributed by atoms with E-state index in [1.165, 1.54) is 12.4 Å². The molecule has 4 aromatic heterocycles. The third kappa shape index (κ3) is 4.05. The van der Waals surface area contributed by atoms with Crippen LogP contribution in [0.25, 0.3) is 55.3 Å². The topological polar surface area (TPSA) is 97.9 Å². The third-order valence-corrected chi connectivity index (χ3v) is 7.39. The molecule has 0 amide bonds. The van der Waals surface area contributed by atoms with Gasteiger partial charge in [0, 0.05) is 39.3 Å². The predicted molar refractivity (Wildman–Crippen MR) is 153 cm³/mol. The molecule has 42 heavy (non-hydrogen) atoms. The van der Waals surface area contributed by atoms with Crippen molar-refractivity contribution in [3.8, 4) is 27.9 Å². The number of alkyl halides is 3. The van der Waals surface area contributed by atoms with Gasteiger partial charge in [-0.1, -0.05) is 54.1 Å². The van der Waals surface area contributed by atoms with Crippen LogP contribution in [0.2, 0.25) is 5.02 Å². The zero-order valence-corrected chi connectivity index (χ0v) is 22.0. The minimum absolute atomic E-state index is 0.199. The van der Waals surface area contributed by atoms with Gasteiger partial charge in [-0.15, -0.1) is 0 Å². The molecule has 12 heteroatoms. The Morgan fingerprint density at radius 2 is 1.71 bits per heavy atom. The van der Waals surface area contributed by atoms with E-state index in [1.807, 2.05) is 12.1 Å². The number of H-pyrrole nitrogens is 1. The van der Waals surface area contributed by atoms with Crippen molar-refractivity contribution in [2.24, 2.45) is 0 Å². The van der Waals surface area contributed by atoms with E-state index in [9.17, 15) is 22.8 Å². The van der Waals surface area contributed by atoms with E-state index in [0.29, 0.717) is 27.8 Å². The Morgan fingerprint density at radius 3 is 2.55 bits per heavy atom. The van der Waals surface area contributed by atoms with E-state index < -0.39 is 23.0 Å². The number of hydrogen-bond acceptors (Lipinski definition) is 5. The molecule has 3 aromatic carbocycles. The van der Waals surface area contributed by atoms with Gasteiger partial charge in [-0.3, -0.25) is 9.78 Å². The summed E-state index contributed by atoms with van der Waals surface area (Å²) in [6.45, 7) is 0. The van der Waals surface area contributed by atoms with Crippen LogP contribution in [-0.4, -0.2) is 29.1 Å². The summed E-state index contributed by atoms with van der Waals surface area (Å²) in [6.07, 6.45) is 0.909. The van der Waals surface area contributed by atoms with Crippen molar-refractivity contribution in [1.29, 1.82) is 0 Å². The number of fused-ring (bicyclic) bond motifs is 3. The molecule has 8 nitrogen and oxygen atoms in total. The summed E-state index contributed by atoms with van der Waals surface area (Å²) in [7, 11) is 0. The number of aromatic amines is 1. The van der Waals surface area contributed by atoms with E-state index in [4.69, 9.17) is 11.6 Å². The third-order valence-electron chi connectivity index (χ3n) is 7.08. The number of nitrogens with zero attached hydrogens (tertiary/aromatic N) is 5. The quantitative estimate of drug-likeness (QED) is 0.264. The fourth-order valence-electron chi connectivity index (χ4n) is 5.21. The summed E-state index contributed by atoms with van der Waals surface area (Å²) in [5.41, 5.74) is -0.439. The highest BCUT2D eigenvalue weighted by Crippen LogP contribution is 2.41. The van der Waals surface area contributed by atoms with Crippen molar-refractivity contribution < 1.29 is 13.2 Å². The van der Waals surface area contributed by atoms with Gasteiger partial charge in [0.15, 0.2) is 5.65 Å². The summed E-state index contributed by atoms with van der Waals surface area (Å²) in [4.78, 5) is 37.6. The lowest BCUT2D eigenvalue weighted by atomic mass is 9.94. The highest BCUT2D eigenvalue weighted by molar-refractivity contribution is 6.34. The Bertz CT molecular complexity index is 2320. The smallest absolute Gasteiger partial charge is 0.306 e. The van der Waals surface area contributed by atoms with Crippen LogP contribution >= 0.6 is 11.6 Å². The lowest BCUT2D eigenvalue weighted by Crippen LogP contribution is -2.33. The standard InChI is InChI=1S/C30H16ClF3N6O2/c31-23-7-3-6-20(18-10-22(30(32,33)34)27-36-15-37-39(27)14-18)26(23)16-8-9-21-24(11-16)38-29(42)40(28(21)41)25-13-35-12-17-4-1-2-5-19(17)25/h1-15H,(H,38,42). The molecule has 0 atom stereocenters. The van der Waals surface area contributed by atoms with E-state index in [-0.39, 0.29) is 27.1 Å². The van der Waals surface area contributed by atoms with Gasteiger partial charge >= 0.3 is 11.9 Å². The second-order valence-electron chi connectivity index (χ2n) is 9.54. The summed E-state index contributed by atoms with van der Waals surface area (Å²) in [5.74, 6) is 0. The van der Waals surface area contributed by atoms with Crippen molar-refractivity contribution in [1.82, 2.24) is 29.1 Å². The summed E-state index contributed by atoms with van der Waals surface area (Å²) in [6, 6.07) is 17.9. The van der Waals surface area contributed by atoms with Crippen molar-refractivity contribution in [3.63, 3.8) is 0 Å². The number of aromatic nitrogens is 6. The second-order valence-corrected chi connectivity index (χ2v) is 9.95. The van der Waals surface area contributed by atoms with Crippen LogP contribution in [0.1, 0.15) is 5.56 Å². The minimum Gasteiger partial charge on any atom is -0.306 e. The fraction of sp³-hybridized carbons (Fsp3) is 0.0333. The van der Waals surface area contributed by atoms with Gasteiger partial charge in [-0.2, -0.15) is 18.3 Å². The summed E-state index contributed by atoms with van der Waals surface area (Å²) in [5, 5.41) is 5.84. The van der Waals surface area contributed by atoms with Crippen LogP contribution in [-0.2, 0) is 6.18 Å². The van der Waals surface area contributed by atoms with Crippen molar-refractivity contribution in [3.05, 3.63) is 123 Å². The monoisotopic (exact) mass is 584 g/mol. The average Bonchev–Trinajstić information content (AvgIpc) is 3.44. The number of hydrogen-bond donors (Lipinski definition) is 1. The first kappa shape index (κ1) is 25.7. The molecule has 206 valence electrons. The van der Waals surface area contributed by atoms with Crippen molar-refractivity contribution in [2.45, 2.75) is 6.18 Å². The lowest BCUT2D eigenvalue weighted by Gasteiger charge is -2.15. The SMILES string of the molecule is O=c1[nH]c2cc(-c3c(Cl)cccc3-c3cc(C(F)(F)F)c4ncnn4c3)ccc2c(=O)n1-c1cncc2ccccc12. The number of rotatable bonds is 3. The average molecular weight is 585 g/mol. The Kier molecular flexibility index (Phi) is 5.73. The van der Waals surface area contributed by atoms with Gasteiger partial charge in [0.2, 0.25) is 0 Å². The molecular weight excluding hydrogens is 569 g/mol. The summed E-state index contributed by atoms with van der Waals surface area (Å²) >= 11 is 6.61. The largest absolute Gasteiger partial charge is 0.420 e. The Labute approximate surface area is 238 Å². The first-order valence-corrected chi connectivity index (χ1v) is 12.9. The number of halogens is 4. The number of pyridine rings is 2. The van der Waals surface area contributed by atoms with Crippen molar-refractivity contribution >= 4 is 38.9 Å². The molecule has 0 radical (unpaired) electrons. The molecule has 0 aliphatic carbocycles. The summed E-state index contributed by atoms with van der Waals surface area (Å²) < 4.78 is 43.8. The van der Waals surface area contributed by atoms with Gasteiger partial charge in [0.1, 0.15) is 11.9 Å². The first-order valence-electron chi connectivity index (χ1n) is 12.5. The van der Waals surface area contributed by atoms with Crippen LogP contribution in [0, 0.1) is 0 Å². The van der Waals surface area contributed by atoms with E-state index >= 15 is 0 Å². The van der Waals surface area contributed by atoms with Crippen molar-refractivity contribution in [2.75, 3.05) is 0 Å². The molecule has 0 saturated carbocycles. The van der Waals surface area contributed by atoms with Gasteiger partial charge in [0.05, 0.1) is 22.8 Å². The maximum absolute atomic E-state index is 13.9. The number of nitrogens with one attached hydrogen (secondary N) is 1. The predicted octanol–water partition coefficient (Wildman–Crippen LogP) is 6.28. The molecule has 4 heterocycles. The molecular formula is C30H16ClF3N6O2. The molecule has 1 N–H and O–H groups in total. The molecule has 0 fully saturated rings. The first-order chi connectivity index (χ1) is 20.2.